The Morgan fingerprint density at radius 1 is 1.47 bits per heavy atom. The van der Waals surface area contributed by atoms with Crippen LogP contribution >= 0.6 is 0 Å². The van der Waals surface area contributed by atoms with E-state index in [4.69, 9.17) is 10.00 Å². The normalized spacial score (nSPS) is 21.0. The number of aryl methyl sites for hydroxylation is 1. The molecule has 1 saturated heterocycles. The van der Waals surface area contributed by atoms with Gasteiger partial charge < -0.3 is 4.74 Å². The monoisotopic (exact) mass is 280 g/mol. The SMILES string of the molecule is Cc1ccc(C#N)cc1S(=O)(=O)N1CCOC(C)C1. The van der Waals surface area contributed by atoms with Gasteiger partial charge in [0.1, 0.15) is 0 Å². The summed E-state index contributed by atoms with van der Waals surface area (Å²) in [5.74, 6) is 0. The van der Waals surface area contributed by atoms with E-state index in [-0.39, 0.29) is 11.0 Å². The lowest BCUT2D eigenvalue weighted by Crippen LogP contribution is -2.44. The molecule has 0 spiro atoms. The Labute approximate surface area is 113 Å². The summed E-state index contributed by atoms with van der Waals surface area (Å²) in [7, 11) is -3.56. The summed E-state index contributed by atoms with van der Waals surface area (Å²) < 4.78 is 31.9. The van der Waals surface area contributed by atoms with E-state index >= 15 is 0 Å². The second kappa shape index (κ2) is 5.29. The average molecular weight is 280 g/mol. The van der Waals surface area contributed by atoms with Crippen molar-refractivity contribution in [2.45, 2.75) is 24.8 Å². The zero-order valence-corrected chi connectivity index (χ0v) is 11.8. The van der Waals surface area contributed by atoms with Crippen molar-refractivity contribution >= 4 is 10.0 Å². The zero-order chi connectivity index (χ0) is 14.0. The van der Waals surface area contributed by atoms with E-state index in [1.54, 1.807) is 19.1 Å². The molecule has 19 heavy (non-hydrogen) atoms. The summed E-state index contributed by atoms with van der Waals surface area (Å²) in [6, 6.07) is 6.69. The number of ether oxygens (including phenoxy) is 1. The molecule has 1 aromatic carbocycles. The number of hydrogen-bond acceptors (Lipinski definition) is 4. The molecule has 1 aliphatic heterocycles. The van der Waals surface area contributed by atoms with Gasteiger partial charge in [0.25, 0.3) is 0 Å². The lowest BCUT2D eigenvalue weighted by Gasteiger charge is -2.30. The van der Waals surface area contributed by atoms with Gasteiger partial charge in [-0.25, -0.2) is 8.42 Å². The first-order valence-corrected chi connectivity index (χ1v) is 7.51. The summed E-state index contributed by atoms with van der Waals surface area (Å²) >= 11 is 0. The second-order valence-electron chi connectivity index (χ2n) is 4.64. The lowest BCUT2D eigenvalue weighted by molar-refractivity contribution is 0.0102. The third-order valence-corrected chi connectivity index (χ3v) is 5.15. The van der Waals surface area contributed by atoms with Crippen molar-refractivity contribution in [1.29, 1.82) is 5.26 Å². The van der Waals surface area contributed by atoms with Gasteiger partial charge in [-0.2, -0.15) is 9.57 Å². The van der Waals surface area contributed by atoms with Crippen LogP contribution in [0.2, 0.25) is 0 Å². The molecule has 0 N–H and O–H groups in total. The van der Waals surface area contributed by atoms with Crippen LogP contribution in [0.4, 0.5) is 0 Å². The van der Waals surface area contributed by atoms with Gasteiger partial charge in [0.2, 0.25) is 10.0 Å². The van der Waals surface area contributed by atoms with Crippen LogP contribution in [0.3, 0.4) is 0 Å². The quantitative estimate of drug-likeness (QED) is 0.818. The topological polar surface area (TPSA) is 70.4 Å². The Bertz CT molecular complexity index is 619. The summed E-state index contributed by atoms with van der Waals surface area (Å²) in [4.78, 5) is 0.209. The van der Waals surface area contributed by atoms with E-state index in [0.29, 0.717) is 30.8 Å². The molecule has 1 aliphatic rings. The highest BCUT2D eigenvalue weighted by molar-refractivity contribution is 7.89. The molecular weight excluding hydrogens is 264 g/mol. The highest BCUT2D eigenvalue weighted by Crippen LogP contribution is 2.23. The number of nitriles is 1. The van der Waals surface area contributed by atoms with Crippen LogP contribution < -0.4 is 0 Å². The molecule has 1 atom stereocenters. The molecule has 1 heterocycles. The van der Waals surface area contributed by atoms with Crippen LogP contribution in [-0.2, 0) is 14.8 Å². The Morgan fingerprint density at radius 3 is 2.84 bits per heavy atom. The first-order valence-electron chi connectivity index (χ1n) is 6.07. The minimum Gasteiger partial charge on any atom is -0.376 e. The number of sulfonamides is 1. The molecular formula is C13H16N2O3S. The first-order chi connectivity index (χ1) is 8.95. The minimum absolute atomic E-state index is 0.108. The predicted octanol–water partition coefficient (Wildman–Crippen LogP) is 1.28. The van der Waals surface area contributed by atoms with E-state index in [1.165, 1.54) is 10.4 Å². The lowest BCUT2D eigenvalue weighted by atomic mass is 10.2. The predicted molar refractivity (Wildman–Crippen MR) is 70.1 cm³/mol. The van der Waals surface area contributed by atoms with E-state index in [9.17, 15) is 8.42 Å². The summed E-state index contributed by atoms with van der Waals surface area (Å²) in [6.07, 6.45) is -0.108. The van der Waals surface area contributed by atoms with E-state index in [2.05, 4.69) is 0 Å². The zero-order valence-electron chi connectivity index (χ0n) is 11.0. The maximum Gasteiger partial charge on any atom is 0.243 e. The van der Waals surface area contributed by atoms with Gasteiger partial charge in [0.15, 0.2) is 0 Å². The van der Waals surface area contributed by atoms with E-state index in [1.807, 2.05) is 13.0 Å². The van der Waals surface area contributed by atoms with Crippen molar-refractivity contribution in [3.05, 3.63) is 29.3 Å². The summed E-state index contributed by atoms with van der Waals surface area (Å²) in [5.41, 5.74) is 1.00. The van der Waals surface area contributed by atoms with Crippen LogP contribution in [0.1, 0.15) is 18.1 Å². The van der Waals surface area contributed by atoms with Gasteiger partial charge in [-0.3, -0.25) is 0 Å². The maximum atomic E-state index is 12.6. The third kappa shape index (κ3) is 2.78. The molecule has 102 valence electrons. The molecule has 6 heteroatoms. The van der Waals surface area contributed by atoms with Crippen molar-refractivity contribution in [3.8, 4) is 6.07 Å². The molecule has 0 amide bonds. The smallest absolute Gasteiger partial charge is 0.243 e. The van der Waals surface area contributed by atoms with Crippen molar-refractivity contribution < 1.29 is 13.2 Å². The Balaban J connectivity index is 2.42. The highest BCUT2D eigenvalue weighted by Gasteiger charge is 2.30. The Hall–Kier alpha value is -1.42. The molecule has 0 aliphatic carbocycles. The van der Waals surface area contributed by atoms with Crippen molar-refractivity contribution in [3.63, 3.8) is 0 Å². The van der Waals surface area contributed by atoms with Gasteiger partial charge >= 0.3 is 0 Å². The fraction of sp³-hybridized carbons (Fsp3) is 0.462. The molecule has 0 bridgehead atoms. The molecule has 5 nitrogen and oxygen atoms in total. The van der Waals surface area contributed by atoms with Crippen molar-refractivity contribution in [2.24, 2.45) is 0 Å². The van der Waals surface area contributed by atoms with Crippen molar-refractivity contribution in [1.82, 2.24) is 4.31 Å². The maximum absolute atomic E-state index is 12.6. The average Bonchev–Trinajstić information content (AvgIpc) is 2.39. The van der Waals surface area contributed by atoms with Gasteiger partial charge in [-0.15, -0.1) is 0 Å². The first kappa shape index (κ1) is 14.0. The fourth-order valence-electron chi connectivity index (χ4n) is 2.09. The van der Waals surface area contributed by atoms with Crippen LogP contribution in [0.5, 0.6) is 0 Å². The summed E-state index contributed by atoms with van der Waals surface area (Å²) in [5, 5.41) is 8.89. The largest absolute Gasteiger partial charge is 0.376 e. The molecule has 0 aromatic heterocycles. The standard InChI is InChI=1S/C13H16N2O3S/c1-10-3-4-12(8-14)7-13(10)19(16,17)15-5-6-18-11(2)9-15/h3-4,7,11H,5-6,9H2,1-2H3. The number of benzene rings is 1. The summed E-state index contributed by atoms with van der Waals surface area (Å²) in [6.45, 7) is 4.68. The molecule has 0 saturated carbocycles. The Kier molecular flexibility index (Phi) is 3.90. The fourth-order valence-corrected chi connectivity index (χ4v) is 3.84. The van der Waals surface area contributed by atoms with Gasteiger partial charge in [0.05, 0.1) is 29.2 Å². The highest BCUT2D eigenvalue weighted by atomic mass is 32.2. The van der Waals surface area contributed by atoms with Gasteiger partial charge in [-0.05, 0) is 31.5 Å². The van der Waals surface area contributed by atoms with Crippen molar-refractivity contribution in [2.75, 3.05) is 19.7 Å². The van der Waals surface area contributed by atoms with Gasteiger partial charge in [0, 0.05) is 13.1 Å². The van der Waals surface area contributed by atoms with E-state index < -0.39 is 10.0 Å². The molecule has 1 fully saturated rings. The van der Waals surface area contributed by atoms with Crippen LogP contribution in [0.15, 0.2) is 23.1 Å². The van der Waals surface area contributed by atoms with E-state index in [0.717, 1.165) is 0 Å². The molecule has 2 rings (SSSR count). The molecule has 1 aromatic rings. The number of rotatable bonds is 2. The number of morpholine rings is 1. The van der Waals surface area contributed by atoms with Crippen LogP contribution in [0.25, 0.3) is 0 Å². The number of nitrogens with zero attached hydrogens (tertiary/aromatic N) is 2. The number of hydrogen-bond donors (Lipinski definition) is 0. The van der Waals surface area contributed by atoms with Crippen LogP contribution in [0, 0.1) is 18.3 Å². The second-order valence-corrected chi connectivity index (χ2v) is 6.54. The molecule has 0 radical (unpaired) electrons. The van der Waals surface area contributed by atoms with Crippen LogP contribution in [-0.4, -0.2) is 38.5 Å². The third-order valence-electron chi connectivity index (χ3n) is 3.14. The minimum atomic E-state index is -3.56. The Morgan fingerprint density at radius 2 is 2.21 bits per heavy atom. The van der Waals surface area contributed by atoms with Gasteiger partial charge in [-0.1, -0.05) is 6.07 Å². The molecule has 1 unspecified atom stereocenters.